The van der Waals surface area contributed by atoms with Crippen molar-refractivity contribution in [2.75, 3.05) is 25.0 Å². The van der Waals surface area contributed by atoms with Gasteiger partial charge in [0.15, 0.2) is 0 Å². The molecule has 1 aliphatic heterocycles. The number of anilines is 1. The first-order chi connectivity index (χ1) is 8.97. The molecule has 0 atom stereocenters. The molecule has 1 aromatic carbocycles. The van der Waals surface area contributed by atoms with Gasteiger partial charge in [-0.15, -0.1) is 0 Å². The van der Waals surface area contributed by atoms with E-state index in [4.69, 9.17) is 5.73 Å². The van der Waals surface area contributed by atoms with Crippen molar-refractivity contribution in [2.24, 2.45) is 5.73 Å². The van der Waals surface area contributed by atoms with Crippen molar-refractivity contribution in [3.8, 4) is 0 Å². The van der Waals surface area contributed by atoms with Gasteiger partial charge in [0, 0.05) is 23.1 Å². The maximum absolute atomic E-state index is 11.6. The minimum absolute atomic E-state index is 0.190. The summed E-state index contributed by atoms with van der Waals surface area (Å²) in [5.74, 6) is -0.385. The summed E-state index contributed by atoms with van der Waals surface area (Å²) in [7, 11) is 2.00. The number of amides is 1. The molecule has 1 heterocycles. The molecule has 2 rings (SSSR count). The Bertz CT molecular complexity index is 482. The average molecular weight is 326 g/mol. The molecule has 0 radical (unpaired) electrons. The van der Waals surface area contributed by atoms with Crippen LogP contribution < -0.4 is 16.0 Å². The highest BCUT2D eigenvalue weighted by Gasteiger charge is 2.29. The molecule has 0 bridgehead atoms. The molecule has 4 nitrogen and oxygen atoms in total. The van der Waals surface area contributed by atoms with E-state index in [0.29, 0.717) is 5.56 Å². The van der Waals surface area contributed by atoms with Gasteiger partial charge in [-0.1, -0.05) is 6.07 Å². The van der Waals surface area contributed by atoms with Gasteiger partial charge in [-0.3, -0.25) is 4.79 Å². The summed E-state index contributed by atoms with van der Waals surface area (Å²) in [5.41, 5.74) is 7.19. The van der Waals surface area contributed by atoms with Crippen molar-refractivity contribution in [3.05, 3.63) is 28.2 Å². The fraction of sp³-hybridized carbons (Fsp3) is 0.500. The van der Waals surface area contributed by atoms with Gasteiger partial charge >= 0.3 is 0 Å². The number of halogens is 1. The first-order valence-electron chi connectivity index (χ1n) is 6.49. The first kappa shape index (κ1) is 14.3. The van der Waals surface area contributed by atoms with Crippen molar-refractivity contribution in [2.45, 2.75) is 25.3 Å². The molecule has 19 heavy (non-hydrogen) atoms. The topological polar surface area (TPSA) is 58.4 Å². The molecule has 0 aromatic heterocycles. The lowest BCUT2D eigenvalue weighted by Gasteiger charge is -2.40. The second-order valence-corrected chi connectivity index (χ2v) is 6.15. The Hall–Kier alpha value is -1.07. The summed E-state index contributed by atoms with van der Waals surface area (Å²) >= 11 is 3.41. The molecule has 1 aliphatic rings. The van der Waals surface area contributed by atoms with Gasteiger partial charge in [0.1, 0.15) is 0 Å². The number of nitrogens with two attached hydrogens (primary N) is 1. The standard InChI is InChI=1S/C14H20BrN3O/c1-14(17-2)6-8-18(9-7-14)11-5-3-4-10(15)12(11)13(16)19/h3-5,17H,6-9H2,1-2H3,(H2,16,19). The summed E-state index contributed by atoms with van der Waals surface area (Å²) in [6.45, 7) is 4.09. The Kier molecular flexibility index (Phi) is 4.16. The molecule has 1 fully saturated rings. The van der Waals surface area contributed by atoms with Gasteiger partial charge in [-0.25, -0.2) is 0 Å². The SMILES string of the molecule is CNC1(C)CCN(c2cccc(Br)c2C(N)=O)CC1. The molecular formula is C14H20BrN3O. The lowest BCUT2D eigenvalue weighted by molar-refractivity contribution is 0.1000. The van der Waals surface area contributed by atoms with Crippen LogP contribution in [0.25, 0.3) is 0 Å². The predicted octanol–water partition coefficient (Wildman–Crippen LogP) is 2.13. The fourth-order valence-electron chi connectivity index (χ4n) is 2.51. The third-order valence-electron chi connectivity index (χ3n) is 4.05. The van der Waals surface area contributed by atoms with Gasteiger partial charge in [-0.2, -0.15) is 0 Å². The van der Waals surface area contributed by atoms with Crippen molar-refractivity contribution < 1.29 is 4.79 Å². The number of piperidine rings is 1. The lowest BCUT2D eigenvalue weighted by Crippen LogP contribution is -2.50. The summed E-state index contributed by atoms with van der Waals surface area (Å²) in [4.78, 5) is 13.9. The number of rotatable bonds is 3. The normalized spacial score (nSPS) is 18.4. The van der Waals surface area contributed by atoms with Crippen LogP contribution in [0.5, 0.6) is 0 Å². The number of nitrogens with zero attached hydrogens (tertiary/aromatic N) is 1. The summed E-state index contributed by atoms with van der Waals surface area (Å²) in [5, 5.41) is 3.37. The molecule has 1 aromatic rings. The van der Waals surface area contributed by atoms with Crippen molar-refractivity contribution in [1.29, 1.82) is 0 Å². The van der Waals surface area contributed by atoms with E-state index < -0.39 is 0 Å². The minimum Gasteiger partial charge on any atom is -0.371 e. The van der Waals surface area contributed by atoms with Crippen LogP contribution in [0.4, 0.5) is 5.69 Å². The molecule has 1 amide bonds. The third kappa shape index (κ3) is 2.92. The van der Waals surface area contributed by atoms with Crippen LogP contribution >= 0.6 is 15.9 Å². The van der Waals surface area contributed by atoms with Crippen molar-refractivity contribution >= 4 is 27.5 Å². The molecule has 0 saturated carbocycles. The minimum atomic E-state index is -0.385. The number of primary amides is 1. The Labute approximate surface area is 122 Å². The van der Waals surface area contributed by atoms with Crippen LogP contribution in [0.15, 0.2) is 22.7 Å². The maximum atomic E-state index is 11.6. The van der Waals surface area contributed by atoms with E-state index in [-0.39, 0.29) is 11.4 Å². The number of hydrogen-bond acceptors (Lipinski definition) is 3. The van der Waals surface area contributed by atoms with E-state index in [9.17, 15) is 4.79 Å². The Balaban J connectivity index is 2.25. The highest BCUT2D eigenvalue weighted by molar-refractivity contribution is 9.10. The quantitative estimate of drug-likeness (QED) is 0.895. The van der Waals surface area contributed by atoms with E-state index in [2.05, 4.69) is 33.1 Å². The zero-order chi connectivity index (χ0) is 14.0. The molecular weight excluding hydrogens is 306 g/mol. The van der Waals surface area contributed by atoms with Crippen LogP contribution in [0, 0.1) is 0 Å². The smallest absolute Gasteiger partial charge is 0.251 e. The zero-order valence-electron chi connectivity index (χ0n) is 11.4. The Morgan fingerprint density at radius 3 is 2.58 bits per heavy atom. The molecule has 5 heteroatoms. The molecule has 0 spiro atoms. The molecule has 3 N–H and O–H groups in total. The van der Waals surface area contributed by atoms with Gasteiger partial charge in [0.2, 0.25) is 0 Å². The van der Waals surface area contributed by atoms with Gasteiger partial charge in [-0.05, 0) is 54.9 Å². The van der Waals surface area contributed by atoms with E-state index in [1.807, 2.05) is 25.2 Å². The summed E-state index contributed by atoms with van der Waals surface area (Å²) in [6.07, 6.45) is 2.10. The zero-order valence-corrected chi connectivity index (χ0v) is 13.0. The van der Waals surface area contributed by atoms with Crippen molar-refractivity contribution in [3.63, 3.8) is 0 Å². The van der Waals surface area contributed by atoms with Gasteiger partial charge in [0.25, 0.3) is 5.91 Å². The number of hydrogen-bond donors (Lipinski definition) is 2. The summed E-state index contributed by atoms with van der Waals surface area (Å²) in [6, 6.07) is 5.76. The fourth-order valence-corrected chi connectivity index (χ4v) is 3.06. The first-order valence-corrected chi connectivity index (χ1v) is 7.28. The van der Waals surface area contributed by atoms with Crippen LogP contribution in [-0.2, 0) is 0 Å². The van der Waals surface area contributed by atoms with E-state index in [1.165, 1.54) is 0 Å². The molecule has 1 saturated heterocycles. The molecule has 104 valence electrons. The van der Waals surface area contributed by atoms with E-state index in [0.717, 1.165) is 36.1 Å². The predicted molar refractivity (Wildman–Crippen MR) is 81.6 cm³/mol. The van der Waals surface area contributed by atoms with E-state index >= 15 is 0 Å². The number of carbonyl (C=O) groups excluding carboxylic acids is 1. The van der Waals surface area contributed by atoms with Crippen LogP contribution in [0.3, 0.4) is 0 Å². The molecule has 0 aliphatic carbocycles. The van der Waals surface area contributed by atoms with Crippen LogP contribution in [0.1, 0.15) is 30.1 Å². The van der Waals surface area contributed by atoms with Crippen LogP contribution in [-0.4, -0.2) is 31.6 Å². The molecule has 0 unspecified atom stereocenters. The summed E-state index contributed by atoms with van der Waals surface area (Å²) < 4.78 is 0.763. The number of benzene rings is 1. The van der Waals surface area contributed by atoms with Gasteiger partial charge < -0.3 is 16.0 Å². The second-order valence-electron chi connectivity index (χ2n) is 5.30. The largest absolute Gasteiger partial charge is 0.371 e. The van der Waals surface area contributed by atoms with E-state index in [1.54, 1.807) is 0 Å². The highest BCUT2D eigenvalue weighted by atomic mass is 79.9. The average Bonchev–Trinajstić information content (AvgIpc) is 2.39. The number of nitrogens with one attached hydrogen (secondary N) is 1. The monoisotopic (exact) mass is 325 g/mol. The lowest BCUT2D eigenvalue weighted by atomic mass is 9.89. The van der Waals surface area contributed by atoms with Crippen molar-refractivity contribution in [1.82, 2.24) is 5.32 Å². The Morgan fingerprint density at radius 2 is 2.05 bits per heavy atom. The van der Waals surface area contributed by atoms with Crippen LogP contribution in [0.2, 0.25) is 0 Å². The Morgan fingerprint density at radius 1 is 1.42 bits per heavy atom. The highest BCUT2D eigenvalue weighted by Crippen LogP contribution is 2.31. The maximum Gasteiger partial charge on any atom is 0.251 e. The third-order valence-corrected chi connectivity index (χ3v) is 4.71. The second kappa shape index (κ2) is 5.51. The van der Waals surface area contributed by atoms with Gasteiger partial charge in [0.05, 0.1) is 11.3 Å². The number of carbonyl (C=O) groups is 1.